The SMILES string of the molecule is CCNP(N)(=O)N(CC)c1ccccc1. The van der Waals surface area contributed by atoms with Gasteiger partial charge in [0.05, 0.1) is 0 Å². The van der Waals surface area contributed by atoms with Crippen molar-refractivity contribution in [2.45, 2.75) is 13.8 Å². The molecule has 3 N–H and O–H groups in total. The largest absolute Gasteiger partial charge is 0.303 e. The minimum absolute atomic E-state index is 0.594. The van der Waals surface area contributed by atoms with Crippen molar-refractivity contribution in [3.63, 3.8) is 0 Å². The molecule has 0 saturated heterocycles. The molecule has 0 amide bonds. The van der Waals surface area contributed by atoms with Crippen LogP contribution in [0.25, 0.3) is 0 Å². The van der Waals surface area contributed by atoms with Crippen molar-refractivity contribution < 1.29 is 4.57 Å². The monoisotopic (exact) mass is 227 g/mol. The van der Waals surface area contributed by atoms with Crippen LogP contribution in [0.3, 0.4) is 0 Å². The number of nitrogens with one attached hydrogen (secondary N) is 1. The highest BCUT2D eigenvalue weighted by molar-refractivity contribution is 7.61. The van der Waals surface area contributed by atoms with Crippen LogP contribution in [0.2, 0.25) is 0 Å². The first kappa shape index (κ1) is 12.2. The van der Waals surface area contributed by atoms with Crippen LogP contribution >= 0.6 is 7.59 Å². The fraction of sp³-hybridized carbons (Fsp3) is 0.400. The minimum atomic E-state index is -2.94. The van der Waals surface area contributed by atoms with Crippen LogP contribution < -0.4 is 15.3 Å². The maximum absolute atomic E-state index is 12.1. The predicted molar refractivity (Wildman–Crippen MR) is 64.9 cm³/mol. The van der Waals surface area contributed by atoms with Crippen LogP contribution in [0.15, 0.2) is 30.3 Å². The lowest BCUT2D eigenvalue weighted by atomic mass is 10.3. The summed E-state index contributed by atoms with van der Waals surface area (Å²) in [6.45, 7) is 5.03. The van der Waals surface area contributed by atoms with E-state index in [4.69, 9.17) is 5.50 Å². The van der Waals surface area contributed by atoms with E-state index in [1.807, 2.05) is 44.2 Å². The Labute approximate surface area is 91.0 Å². The van der Waals surface area contributed by atoms with Crippen molar-refractivity contribution in [1.29, 1.82) is 0 Å². The van der Waals surface area contributed by atoms with E-state index in [0.29, 0.717) is 13.1 Å². The lowest BCUT2D eigenvalue weighted by Gasteiger charge is -2.29. The Morgan fingerprint density at radius 2 is 1.93 bits per heavy atom. The summed E-state index contributed by atoms with van der Waals surface area (Å²) in [5.74, 6) is 0. The van der Waals surface area contributed by atoms with Gasteiger partial charge in [0.25, 0.3) is 0 Å². The molecule has 15 heavy (non-hydrogen) atoms. The molecule has 1 rings (SSSR count). The molecular weight excluding hydrogens is 209 g/mol. The molecule has 0 radical (unpaired) electrons. The molecule has 1 atom stereocenters. The van der Waals surface area contributed by atoms with Crippen molar-refractivity contribution >= 4 is 13.3 Å². The molecule has 0 aliphatic rings. The van der Waals surface area contributed by atoms with Crippen LogP contribution in [-0.2, 0) is 4.57 Å². The van der Waals surface area contributed by atoms with E-state index >= 15 is 0 Å². The summed E-state index contributed by atoms with van der Waals surface area (Å²) in [6, 6.07) is 9.54. The van der Waals surface area contributed by atoms with E-state index < -0.39 is 7.59 Å². The second kappa shape index (κ2) is 5.31. The standard InChI is InChI=1S/C10H18N3OP/c1-3-12-15(11,14)13(4-2)10-8-6-5-7-9-10/h5-9H,3-4H2,1-2H3,(H3,11,12,14). The maximum Gasteiger partial charge on any atom is 0.303 e. The minimum Gasteiger partial charge on any atom is -0.300 e. The van der Waals surface area contributed by atoms with Gasteiger partial charge >= 0.3 is 7.59 Å². The van der Waals surface area contributed by atoms with E-state index in [9.17, 15) is 4.57 Å². The Balaban J connectivity index is 2.94. The number of nitrogens with two attached hydrogens (primary N) is 1. The third kappa shape index (κ3) is 3.06. The molecule has 0 aromatic heterocycles. The summed E-state index contributed by atoms with van der Waals surface area (Å²) < 4.78 is 13.8. The van der Waals surface area contributed by atoms with E-state index in [0.717, 1.165) is 5.69 Å². The van der Waals surface area contributed by atoms with Gasteiger partial charge in [-0.25, -0.2) is 5.09 Å². The van der Waals surface area contributed by atoms with Gasteiger partial charge in [0.15, 0.2) is 0 Å². The number of hydrogen-bond donors (Lipinski definition) is 2. The Morgan fingerprint density at radius 1 is 1.33 bits per heavy atom. The van der Waals surface area contributed by atoms with Gasteiger partial charge in [-0.15, -0.1) is 0 Å². The Hall–Kier alpha value is -0.830. The first-order valence-corrected chi connectivity index (χ1v) is 6.81. The number of rotatable bonds is 5. The molecular formula is C10H18N3OP. The lowest BCUT2D eigenvalue weighted by Crippen LogP contribution is -2.32. The number of benzene rings is 1. The first-order valence-electron chi connectivity index (χ1n) is 5.08. The van der Waals surface area contributed by atoms with Gasteiger partial charge in [-0.1, -0.05) is 25.1 Å². The molecule has 0 aliphatic heterocycles. The summed E-state index contributed by atoms with van der Waals surface area (Å²) >= 11 is 0. The molecule has 0 bridgehead atoms. The van der Waals surface area contributed by atoms with Gasteiger partial charge in [-0.05, 0) is 19.1 Å². The zero-order chi connectivity index (χ0) is 11.3. The lowest BCUT2D eigenvalue weighted by molar-refractivity contribution is 0.563. The summed E-state index contributed by atoms with van der Waals surface area (Å²) in [5, 5.41) is 2.83. The van der Waals surface area contributed by atoms with Crippen LogP contribution in [0, 0.1) is 0 Å². The van der Waals surface area contributed by atoms with Crippen LogP contribution in [0.4, 0.5) is 5.69 Å². The van der Waals surface area contributed by atoms with Gasteiger partial charge in [-0.3, -0.25) is 14.7 Å². The molecule has 0 fully saturated rings. The van der Waals surface area contributed by atoms with E-state index in [1.54, 1.807) is 4.67 Å². The molecule has 0 spiro atoms. The zero-order valence-electron chi connectivity index (χ0n) is 9.18. The van der Waals surface area contributed by atoms with Crippen molar-refractivity contribution in [3.05, 3.63) is 30.3 Å². The number of anilines is 1. The average molecular weight is 227 g/mol. The Kier molecular flexibility index (Phi) is 4.33. The van der Waals surface area contributed by atoms with Gasteiger partial charge in [0.2, 0.25) is 0 Å². The third-order valence-electron chi connectivity index (χ3n) is 2.10. The smallest absolute Gasteiger partial charge is 0.300 e. The molecule has 84 valence electrons. The molecule has 4 nitrogen and oxygen atoms in total. The van der Waals surface area contributed by atoms with E-state index in [1.165, 1.54) is 0 Å². The summed E-state index contributed by atoms with van der Waals surface area (Å²) in [6.07, 6.45) is 0. The Morgan fingerprint density at radius 3 is 2.40 bits per heavy atom. The van der Waals surface area contributed by atoms with Gasteiger partial charge < -0.3 is 0 Å². The Bertz CT molecular complexity index is 342. The number of nitrogens with zero attached hydrogens (tertiary/aromatic N) is 1. The fourth-order valence-corrected chi connectivity index (χ4v) is 3.00. The highest BCUT2D eigenvalue weighted by Gasteiger charge is 2.23. The normalized spacial score (nSPS) is 14.6. The van der Waals surface area contributed by atoms with Gasteiger partial charge in [0, 0.05) is 18.8 Å². The van der Waals surface area contributed by atoms with Crippen molar-refractivity contribution in [3.8, 4) is 0 Å². The molecule has 1 unspecified atom stereocenters. The highest BCUT2D eigenvalue weighted by Crippen LogP contribution is 2.39. The molecule has 5 heteroatoms. The molecule has 1 aromatic rings. The van der Waals surface area contributed by atoms with Crippen molar-refractivity contribution in [2.75, 3.05) is 17.8 Å². The second-order valence-electron chi connectivity index (χ2n) is 3.19. The molecule has 1 aromatic carbocycles. The third-order valence-corrected chi connectivity index (χ3v) is 4.10. The highest BCUT2D eigenvalue weighted by atomic mass is 31.2. The zero-order valence-corrected chi connectivity index (χ0v) is 10.1. The number of hydrogen-bond acceptors (Lipinski definition) is 1. The quantitative estimate of drug-likeness (QED) is 0.757. The first-order chi connectivity index (χ1) is 7.11. The predicted octanol–water partition coefficient (Wildman–Crippen LogP) is 2.19. The molecule has 0 heterocycles. The second-order valence-corrected chi connectivity index (χ2v) is 5.23. The average Bonchev–Trinajstić information content (AvgIpc) is 2.19. The van der Waals surface area contributed by atoms with Gasteiger partial charge in [0.1, 0.15) is 0 Å². The summed E-state index contributed by atoms with van der Waals surface area (Å²) in [4.78, 5) is 0. The van der Waals surface area contributed by atoms with Crippen molar-refractivity contribution in [2.24, 2.45) is 5.50 Å². The number of para-hydroxylation sites is 1. The summed E-state index contributed by atoms with van der Waals surface area (Å²) in [5.41, 5.74) is 6.67. The summed E-state index contributed by atoms with van der Waals surface area (Å²) in [7, 11) is -2.94. The van der Waals surface area contributed by atoms with Crippen LogP contribution in [0.1, 0.15) is 13.8 Å². The topological polar surface area (TPSA) is 58.4 Å². The van der Waals surface area contributed by atoms with E-state index in [-0.39, 0.29) is 0 Å². The molecule has 0 saturated carbocycles. The maximum atomic E-state index is 12.1. The van der Waals surface area contributed by atoms with Crippen LogP contribution in [-0.4, -0.2) is 13.1 Å². The van der Waals surface area contributed by atoms with Gasteiger partial charge in [-0.2, -0.15) is 0 Å². The fourth-order valence-electron chi connectivity index (χ4n) is 1.48. The molecule has 0 aliphatic carbocycles. The van der Waals surface area contributed by atoms with E-state index in [2.05, 4.69) is 5.09 Å². The van der Waals surface area contributed by atoms with Crippen LogP contribution in [0.5, 0.6) is 0 Å². The van der Waals surface area contributed by atoms with Crippen molar-refractivity contribution in [1.82, 2.24) is 5.09 Å².